The van der Waals surface area contributed by atoms with Crippen LogP contribution in [0, 0.1) is 0 Å². The van der Waals surface area contributed by atoms with Crippen molar-refractivity contribution in [2.24, 2.45) is 0 Å². The molecule has 0 N–H and O–H groups in total. The highest BCUT2D eigenvalue weighted by molar-refractivity contribution is 6.27. The van der Waals surface area contributed by atoms with Gasteiger partial charge in [0.1, 0.15) is 5.88 Å². The number of amides is 1. The van der Waals surface area contributed by atoms with Gasteiger partial charge in [-0.3, -0.25) is 4.79 Å². The molecular weight excluding hydrogens is 235 g/mol. The molecule has 1 fully saturated rings. The zero-order valence-corrected chi connectivity index (χ0v) is 8.86. The van der Waals surface area contributed by atoms with Crippen molar-refractivity contribution in [1.82, 2.24) is 4.90 Å². The van der Waals surface area contributed by atoms with Gasteiger partial charge in [-0.05, 0) is 0 Å². The maximum Gasteiger partial charge on any atom is 0.419 e. The first kappa shape index (κ1) is 12.6. The van der Waals surface area contributed by atoms with Crippen LogP contribution in [-0.2, 0) is 9.53 Å². The maximum atomic E-state index is 12.7. The molecule has 0 bridgehead atoms. The van der Waals surface area contributed by atoms with Gasteiger partial charge < -0.3 is 9.64 Å². The van der Waals surface area contributed by atoms with E-state index < -0.39 is 24.2 Å². The van der Waals surface area contributed by atoms with E-state index in [0.29, 0.717) is 0 Å². The summed E-state index contributed by atoms with van der Waals surface area (Å²) in [6, 6.07) is 0. The Balaban J connectivity index is 2.78. The Hall–Kier alpha value is -0.490. The van der Waals surface area contributed by atoms with Gasteiger partial charge in [0.05, 0.1) is 6.54 Å². The summed E-state index contributed by atoms with van der Waals surface area (Å²) in [5.74, 6) is -0.808. The predicted molar refractivity (Wildman–Crippen MR) is 47.7 cm³/mol. The van der Waals surface area contributed by atoms with E-state index >= 15 is 0 Å². The van der Waals surface area contributed by atoms with Crippen molar-refractivity contribution in [2.45, 2.75) is 18.2 Å². The van der Waals surface area contributed by atoms with Crippen LogP contribution in [0.3, 0.4) is 0 Å². The quantitative estimate of drug-likeness (QED) is 0.689. The molecule has 0 aromatic heterocycles. The number of ether oxygens (including phenoxy) is 1. The van der Waals surface area contributed by atoms with E-state index in [4.69, 9.17) is 11.6 Å². The SMILES string of the molecule is COC1(C(F)(F)F)CCN(C(=O)CCl)C1. The molecule has 1 saturated heterocycles. The lowest BCUT2D eigenvalue weighted by Gasteiger charge is -2.29. The Morgan fingerprint density at radius 2 is 2.20 bits per heavy atom. The van der Waals surface area contributed by atoms with Gasteiger partial charge in [0.15, 0.2) is 5.60 Å². The standard InChI is InChI=1S/C8H11ClF3NO2/c1-15-7(8(10,11)12)2-3-13(5-7)6(14)4-9/h2-5H2,1H3. The molecule has 15 heavy (non-hydrogen) atoms. The fourth-order valence-corrected chi connectivity index (χ4v) is 1.76. The van der Waals surface area contributed by atoms with Crippen LogP contribution in [0.15, 0.2) is 0 Å². The monoisotopic (exact) mass is 245 g/mol. The molecule has 1 amide bonds. The van der Waals surface area contributed by atoms with Crippen molar-refractivity contribution in [3.63, 3.8) is 0 Å². The summed E-state index contributed by atoms with van der Waals surface area (Å²) < 4.78 is 42.5. The third-order valence-electron chi connectivity index (χ3n) is 2.61. The van der Waals surface area contributed by atoms with Gasteiger partial charge in [-0.15, -0.1) is 11.6 Å². The fourth-order valence-electron chi connectivity index (χ4n) is 1.59. The van der Waals surface area contributed by atoms with Crippen LogP contribution >= 0.6 is 11.6 Å². The molecule has 0 saturated carbocycles. The summed E-state index contributed by atoms with van der Waals surface area (Å²) in [7, 11) is 1.00. The molecule has 3 nitrogen and oxygen atoms in total. The van der Waals surface area contributed by atoms with Gasteiger partial charge in [0, 0.05) is 20.1 Å². The third kappa shape index (κ3) is 2.20. The smallest absolute Gasteiger partial charge is 0.367 e. The van der Waals surface area contributed by atoms with Crippen LogP contribution in [0.4, 0.5) is 13.2 Å². The van der Waals surface area contributed by atoms with Gasteiger partial charge >= 0.3 is 6.18 Å². The van der Waals surface area contributed by atoms with Crippen molar-refractivity contribution in [2.75, 3.05) is 26.1 Å². The highest BCUT2D eigenvalue weighted by atomic mass is 35.5. The summed E-state index contributed by atoms with van der Waals surface area (Å²) in [4.78, 5) is 12.2. The predicted octanol–water partition coefficient (Wildman–Crippen LogP) is 1.41. The Kier molecular flexibility index (Phi) is 3.50. The number of carbonyl (C=O) groups is 1. The largest absolute Gasteiger partial charge is 0.419 e. The molecule has 0 aliphatic carbocycles. The minimum absolute atomic E-state index is 0.0267. The molecule has 0 aromatic carbocycles. The number of nitrogens with zero attached hydrogens (tertiary/aromatic N) is 1. The Morgan fingerprint density at radius 3 is 2.53 bits per heavy atom. The molecule has 1 heterocycles. The normalized spacial score (nSPS) is 27.1. The Labute approximate surface area is 90.1 Å². The van der Waals surface area contributed by atoms with E-state index in [1.54, 1.807) is 0 Å². The molecule has 1 atom stereocenters. The summed E-state index contributed by atoms with van der Waals surface area (Å²) in [5.41, 5.74) is -2.23. The highest BCUT2D eigenvalue weighted by Gasteiger charge is 2.59. The molecular formula is C8H11ClF3NO2. The summed E-state index contributed by atoms with van der Waals surface area (Å²) >= 11 is 5.27. The second-order valence-electron chi connectivity index (χ2n) is 3.40. The van der Waals surface area contributed by atoms with Crippen molar-refractivity contribution < 1.29 is 22.7 Å². The van der Waals surface area contributed by atoms with Gasteiger partial charge in [0.25, 0.3) is 0 Å². The number of likely N-dealkylation sites (tertiary alicyclic amines) is 1. The van der Waals surface area contributed by atoms with Crippen LogP contribution < -0.4 is 0 Å². The number of hydrogen-bond donors (Lipinski definition) is 0. The molecule has 1 aliphatic heterocycles. The Bertz CT molecular complexity index is 259. The molecule has 1 unspecified atom stereocenters. The molecule has 0 radical (unpaired) electrons. The van der Waals surface area contributed by atoms with Crippen LogP contribution in [0.5, 0.6) is 0 Å². The lowest BCUT2D eigenvalue weighted by molar-refractivity contribution is -0.263. The number of halogens is 4. The first-order chi connectivity index (χ1) is 6.86. The second-order valence-corrected chi connectivity index (χ2v) is 3.66. The fraction of sp³-hybridized carbons (Fsp3) is 0.875. The topological polar surface area (TPSA) is 29.5 Å². The molecule has 7 heteroatoms. The molecule has 0 aromatic rings. The van der Waals surface area contributed by atoms with Crippen molar-refractivity contribution in [3.8, 4) is 0 Å². The first-order valence-electron chi connectivity index (χ1n) is 4.32. The van der Waals surface area contributed by atoms with E-state index in [-0.39, 0.29) is 18.8 Å². The summed E-state index contributed by atoms with van der Waals surface area (Å²) in [6.07, 6.45) is -4.71. The number of hydrogen-bond acceptors (Lipinski definition) is 2. The minimum atomic E-state index is -4.47. The van der Waals surface area contributed by atoms with E-state index in [2.05, 4.69) is 4.74 Å². The second kappa shape index (κ2) is 4.17. The summed E-state index contributed by atoms with van der Waals surface area (Å²) in [5, 5.41) is 0. The van der Waals surface area contributed by atoms with Gasteiger partial charge in [-0.2, -0.15) is 13.2 Å². The molecule has 1 rings (SSSR count). The first-order valence-corrected chi connectivity index (χ1v) is 4.85. The Morgan fingerprint density at radius 1 is 1.60 bits per heavy atom. The van der Waals surface area contributed by atoms with Crippen molar-refractivity contribution >= 4 is 17.5 Å². The van der Waals surface area contributed by atoms with Gasteiger partial charge in [-0.25, -0.2) is 0 Å². The number of alkyl halides is 4. The zero-order chi connectivity index (χ0) is 11.7. The average Bonchev–Trinajstić information content (AvgIpc) is 2.61. The average molecular weight is 246 g/mol. The van der Waals surface area contributed by atoms with E-state index in [1.165, 1.54) is 0 Å². The maximum absolute atomic E-state index is 12.7. The lowest BCUT2D eigenvalue weighted by atomic mass is 10.0. The summed E-state index contributed by atoms with van der Waals surface area (Å²) in [6.45, 7) is -0.447. The number of rotatable bonds is 2. The molecule has 0 spiro atoms. The highest BCUT2D eigenvalue weighted by Crippen LogP contribution is 2.40. The van der Waals surface area contributed by atoms with Crippen LogP contribution in [-0.4, -0.2) is 48.7 Å². The van der Waals surface area contributed by atoms with Crippen LogP contribution in [0.1, 0.15) is 6.42 Å². The van der Waals surface area contributed by atoms with Gasteiger partial charge in [0.2, 0.25) is 5.91 Å². The van der Waals surface area contributed by atoms with E-state index in [0.717, 1.165) is 12.0 Å². The van der Waals surface area contributed by atoms with E-state index in [1.807, 2.05) is 0 Å². The van der Waals surface area contributed by atoms with Crippen LogP contribution in [0.25, 0.3) is 0 Å². The van der Waals surface area contributed by atoms with Gasteiger partial charge in [-0.1, -0.05) is 0 Å². The number of carbonyl (C=O) groups excluding carboxylic acids is 1. The molecule has 1 aliphatic rings. The number of methoxy groups -OCH3 is 1. The van der Waals surface area contributed by atoms with Crippen LogP contribution in [0.2, 0.25) is 0 Å². The van der Waals surface area contributed by atoms with Crippen molar-refractivity contribution in [1.29, 1.82) is 0 Å². The molecule has 88 valence electrons. The van der Waals surface area contributed by atoms with Crippen molar-refractivity contribution in [3.05, 3.63) is 0 Å². The lowest BCUT2D eigenvalue weighted by Crippen LogP contribution is -2.49. The zero-order valence-electron chi connectivity index (χ0n) is 8.10. The third-order valence-corrected chi connectivity index (χ3v) is 2.83. The van der Waals surface area contributed by atoms with E-state index in [9.17, 15) is 18.0 Å². The minimum Gasteiger partial charge on any atom is -0.367 e.